The van der Waals surface area contributed by atoms with E-state index in [1.165, 1.54) is 55.6 Å². The molecule has 122 valence electrons. The first-order chi connectivity index (χ1) is 11.3. The highest BCUT2D eigenvalue weighted by molar-refractivity contribution is 6.41. The largest absolute Gasteiger partial charge is 0.497 e. The molecule has 0 heterocycles. The number of benzene rings is 2. The molecule has 0 atom stereocenters. The van der Waals surface area contributed by atoms with Gasteiger partial charge in [-0.15, -0.1) is 0 Å². The number of fused-ring (bicyclic) bond motifs is 1. The number of halogens is 3. The molecular weight excluding hydrogens is 321 g/mol. The van der Waals surface area contributed by atoms with Crippen LogP contribution in [0.5, 0.6) is 5.75 Å². The van der Waals surface area contributed by atoms with Crippen LogP contribution in [0, 0.1) is 0 Å². The van der Waals surface area contributed by atoms with Crippen LogP contribution in [0.4, 0.5) is 13.2 Å². The summed E-state index contributed by atoms with van der Waals surface area (Å²) in [6, 6.07) is 11.1. The van der Waals surface area contributed by atoms with E-state index in [0.29, 0.717) is 5.75 Å². The van der Waals surface area contributed by atoms with Gasteiger partial charge in [-0.1, -0.05) is 36.4 Å². The summed E-state index contributed by atoms with van der Waals surface area (Å²) in [7, 11) is 1.42. The van der Waals surface area contributed by atoms with Crippen LogP contribution in [-0.4, -0.2) is 24.9 Å². The molecule has 0 saturated heterocycles. The monoisotopic (exact) mass is 332 g/mol. The predicted octanol–water partition coefficient (Wildman–Crippen LogP) is 4.09. The quantitative estimate of drug-likeness (QED) is 0.832. The third-order valence-corrected chi connectivity index (χ3v) is 3.78. The SMILES string of the molecule is COc1ccc(C2=C(C(F)(F)F)C(=O)c3ccccc3C2=O)cc1. The van der Waals surface area contributed by atoms with Gasteiger partial charge in [-0.2, -0.15) is 13.2 Å². The number of ketones is 2. The van der Waals surface area contributed by atoms with Crippen LogP contribution in [-0.2, 0) is 0 Å². The lowest BCUT2D eigenvalue weighted by Crippen LogP contribution is -2.29. The molecule has 2 aromatic rings. The normalized spacial score (nSPS) is 14.7. The second kappa shape index (κ2) is 5.63. The van der Waals surface area contributed by atoms with E-state index in [1.807, 2.05) is 0 Å². The van der Waals surface area contributed by atoms with Crippen molar-refractivity contribution in [3.05, 3.63) is 70.8 Å². The van der Waals surface area contributed by atoms with Crippen molar-refractivity contribution in [2.24, 2.45) is 0 Å². The molecule has 0 N–H and O–H groups in total. The Labute approximate surface area is 135 Å². The minimum Gasteiger partial charge on any atom is -0.497 e. The number of rotatable bonds is 2. The van der Waals surface area contributed by atoms with Crippen molar-refractivity contribution in [1.82, 2.24) is 0 Å². The molecule has 0 radical (unpaired) electrons. The van der Waals surface area contributed by atoms with Crippen molar-refractivity contribution in [3.63, 3.8) is 0 Å². The Morgan fingerprint density at radius 3 is 1.88 bits per heavy atom. The van der Waals surface area contributed by atoms with Crippen molar-refractivity contribution in [3.8, 4) is 5.75 Å². The first kappa shape index (κ1) is 16.0. The summed E-state index contributed by atoms with van der Waals surface area (Å²) >= 11 is 0. The molecule has 0 fully saturated rings. The molecule has 0 spiro atoms. The Hall–Kier alpha value is -2.89. The van der Waals surface area contributed by atoms with E-state index in [9.17, 15) is 22.8 Å². The first-order valence-corrected chi connectivity index (χ1v) is 6.99. The number of methoxy groups -OCH3 is 1. The van der Waals surface area contributed by atoms with E-state index in [-0.39, 0.29) is 16.7 Å². The van der Waals surface area contributed by atoms with E-state index >= 15 is 0 Å². The summed E-state index contributed by atoms with van der Waals surface area (Å²) in [4.78, 5) is 25.0. The fourth-order valence-corrected chi connectivity index (χ4v) is 2.68. The Morgan fingerprint density at radius 2 is 1.38 bits per heavy atom. The van der Waals surface area contributed by atoms with Crippen LogP contribution >= 0.6 is 0 Å². The highest BCUT2D eigenvalue weighted by Gasteiger charge is 2.46. The summed E-state index contributed by atoms with van der Waals surface area (Å²) < 4.78 is 45.4. The van der Waals surface area contributed by atoms with E-state index in [4.69, 9.17) is 4.74 Å². The molecule has 1 aliphatic rings. The standard InChI is InChI=1S/C18H11F3O3/c1-24-11-8-6-10(7-9-11)14-15(18(19,20)21)17(23)13-5-3-2-4-12(13)16(14)22/h2-9H,1H3. The number of carbonyl (C=O) groups excluding carboxylic acids is 2. The van der Waals surface area contributed by atoms with E-state index in [0.717, 1.165) is 0 Å². The maximum Gasteiger partial charge on any atom is 0.420 e. The summed E-state index contributed by atoms with van der Waals surface area (Å²) in [6.45, 7) is 0. The topological polar surface area (TPSA) is 43.4 Å². The van der Waals surface area contributed by atoms with Gasteiger partial charge in [-0.3, -0.25) is 9.59 Å². The Balaban J connectivity index is 2.28. The lowest BCUT2D eigenvalue weighted by atomic mass is 9.81. The van der Waals surface area contributed by atoms with Crippen LogP contribution in [0.2, 0.25) is 0 Å². The van der Waals surface area contributed by atoms with Crippen molar-refractivity contribution in [2.75, 3.05) is 7.11 Å². The molecular formula is C18H11F3O3. The number of ether oxygens (including phenoxy) is 1. The molecule has 0 aromatic heterocycles. The van der Waals surface area contributed by atoms with Crippen molar-refractivity contribution >= 4 is 17.1 Å². The molecule has 1 aliphatic carbocycles. The average molecular weight is 332 g/mol. The van der Waals surface area contributed by atoms with Crippen molar-refractivity contribution in [2.45, 2.75) is 6.18 Å². The number of hydrogen-bond donors (Lipinski definition) is 0. The predicted molar refractivity (Wildman–Crippen MR) is 81.1 cm³/mol. The fraction of sp³-hybridized carbons (Fsp3) is 0.111. The molecule has 0 bridgehead atoms. The number of carbonyl (C=O) groups is 2. The van der Waals surface area contributed by atoms with Gasteiger partial charge in [0.15, 0.2) is 11.6 Å². The van der Waals surface area contributed by atoms with Gasteiger partial charge in [0.2, 0.25) is 0 Å². The second-order valence-electron chi connectivity index (χ2n) is 5.18. The van der Waals surface area contributed by atoms with Gasteiger partial charge < -0.3 is 4.74 Å². The van der Waals surface area contributed by atoms with E-state index in [2.05, 4.69) is 0 Å². The zero-order valence-corrected chi connectivity index (χ0v) is 12.5. The smallest absolute Gasteiger partial charge is 0.420 e. The molecule has 0 unspecified atom stereocenters. The molecule has 6 heteroatoms. The second-order valence-corrected chi connectivity index (χ2v) is 5.18. The fourth-order valence-electron chi connectivity index (χ4n) is 2.68. The third kappa shape index (κ3) is 2.50. The zero-order valence-electron chi connectivity index (χ0n) is 12.5. The molecule has 3 rings (SSSR count). The summed E-state index contributed by atoms with van der Waals surface area (Å²) in [5.74, 6) is -1.57. The van der Waals surface area contributed by atoms with Crippen LogP contribution < -0.4 is 4.74 Å². The minimum absolute atomic E-state index is 0.0241. The maximum atomic E-state index is 13.5. The van der Waals surface area contributed by atoms with Gasteiger partial charge in [0.05, 0.1) is 7.11 Å². The average Bonchev–Trinajstić information content (AvgIpc) is 2.57. The van der Waals surface area contributed by atoms with Crippen LogP contribution in [0.25, 0.3) is 5.57 Å². The van der Waals surface area contributed by atoms with Crippen molar-refractivity contribution < 1.29 is 27.5 Å². The third-order valence-electron chi connectivity index (χ3n) is 3.78. The summed E-state index contributed by atoms with van der Waals surface area (Å²) in [5, 5.41) is 0. The van der Waals surface area contributed by atoms with E-state index in [1.54, 1.807) is 0 Å². The maximum absolute atomic E-state index is 13.5. The summed E-state index contributed by atoms with van der Waals surface area (Å²) in [5.41, 5.74) is -2.30. The number of alkyl halides is 3. The van der Waals surface area contributed by atoms with Crippen LogP contribution in [0.3, 0.4) is 0 Å². The molecule has 0 saturated carbocycles. The van der Waals surface area contributed by atoms with Gasteiger partial charge in [-0.05, 0) is 17.7 Å². The number of hydrogen-bond acceptors (Lipinski definition) is 3. The first-order valence-electron chi connectivity index (χ1n) is 6.99. The van der Waals surface area contributed by atoms with Crippen molar-refractivity contribution in [1.29, 1.82) is 0 Å². The van der Waals surface area contributed by atoms with Gasteiger partial charge >= 0.3 is 6.18 Å². The lowest BCUT2D eigenvalue weighted by molar-refractivity contribution is -0.0882. The minimum atomic E-state index is -4.93. The highest BCUT2D eigenvalue weighted by Crippen LogP contribution is 2.40. The van der Waals surface area contributed by atoms with Gasteiger partial charge in [0, 0.05) is 16.7 Å². The summed E-state index contributed by atoms with van der Waals surface area (Å²) in [6.07, 6.45) is -4.93. The molecule has 2 aromatic carbocycles. The number of allylic oxidation sites excluding steroid dienone is 2. The zero-order chi connectivity index (χ0) is 17.5. The van der Waals surface area contributed by atoms with Gasteiger partial charge in [-0.25, -0.2) is 0 Å². The lowest BCUT2D eigenvalue weighted by Gasteiger charge is -2.22. The Bertz CT molecular complexity index is 862. The molecule has 0 amide bonds. The molecule has 24 heavy (non-hydrogen) atoms. The van der Waals surface area contributed by atoms with Crippen LogP contribution in [0.1, 0.15) is 26.3 Å². The van der Waals surface area contributed by atoms with Gasteiger partial charge in [0.25, 0.3) is 0 Å². The molecule has 0 aliphatic heterocycles. The van der Waals surface area contributed by atoms with Gasteiger partial charge in [0.1, 0.15) is 11.3 Å². The highest BCUT2D eigenvalue weighted by atomic mass is 19.4. The Kier molecular flexibility index (Phi) is 3.75. The Morgan fingerprint density at radius 1 is 0.833 bits per heavy atom. The number of Topliss-reactive ketones (excluding diaryl/α,β-unsaturated/α-hetero) is 2. The van der Waals surface area contributed by atoms with Crippen LogP contribution in [0.15, 0.2) is 54.1 Å². The van der Waals surface area contributed by atoms with E-state index < -0.39 is 28.9 Å². The molecule has 3 nitrogen and oxygen atoms in total.